The lowest BCUT2D eigenvalue weighted by atomic mass is 9.78. The molecule has 2 aliphatic rings. The molecule has 4 nitrogen and oxygen atoms in total. The largest absolute Gasteiger partial charge is 0.481 e. The average molecular weight is 226 g/mol. The highest BCUT2D eigenvalue weighted by molar-refractivity contribution is 5.68. The van der Waals surface area contributed by atoms with E-state index in [0.717, 1.165) is 26.2 Å². The Morgan fingerprint density at radius 1 is 1.44 bits per heavy atom. The summed E-state index contributed by atoms with van der Waals surface area (Å²) in [6, 6.07) is 0. The van der Waals surface area contributed by atoms with Crippen LogP contribution in [0, 0.1) is 5.41 Å². The molecule has 0 bridgehead atoms. The number of rotatable bonds is 3. The Morgan fingerprint density at radius 2 is 2.12 bits per heavy atom. The molecule has 0 aromatic heterocycles. The quantitative estimate of drug-likeness (QED) is 0.751. The van der Waals surface area contributed by atoms with Gasteiger partial charge >= 0.3 is 5.97 Å². The lowest BCUT2D eigenvalue weighted by Crippen LogP contribution is -2.71. The highest BCUT2D eigenvalue weighted by Crippen LogP contribution is 2.35. The molecule has 0 unspecified atom stereocenters. The van der Waals surface area contributed by atoms with Gasteiger partial charge in [-0.25, -0.2) is 0 Å². The molecule has 2 N–H and O–H groups in total. The van der Waals surface area contributed by atoms with E-state index in [2.05, 4.69) is 24.1 Å². The molecule has 92 valence electrons. The smallest absolute Gasteiger partial charge is 0.305 e. The molecule has 0 aliphatic carbocycles. The Morgan fingerprint density at radius 3 is 2.56 bits per heavy atom. The number of nitrogens with zero attached hydrogens (tertiary/aromatic N) is 1. The highest BCUT2D eigenvalue weighted by Gasteiger charge is 2.46. The first-order valence-electron chi connectivity index (χ1n) is 6.11. The number of piperidine rings is 1. The van der Waals surface area contributed by atoms with Gasteiger partial charge < -0.3 is 10.4 Å². The third kappa shape index (κ3) is 2.23. The minimum Gasteiger partial charge on any atom is -0.481 e. The lowest BCUT2D eigenvalue weighted by molar-refractivity contribution is -0.143. The lowest BCUT2D eigenvalue weighted by Gasteiger charge is -2.54. The van der Waals surface area contributed by atoms with Crippen molar-refractivity contribution in [2.75, 3.05) is 26.2 Å². The van der Waals surface area contributed by atoms with Crippen LogP contribution in [0.1, 0.15) is 33.1 Å². The summed E-state index contributed by atoms with van der Waals surface area (Å²) in [5.74, 6) is -0.676. The second kappa shape index (κ2) is 4.00. The molecule has 2 rings (SSSR count). The van der Waals surface area contributed by atoms with Crippen LogP contribution in [0.2, 0.25) is 0 Å². The van der Waals surface area contributed by atoms with E-state index in [0.29, 0.717) is 5.41 Å². The van der Waals surface area contributed by atoms with Crippen LogP contribution >= 0.6 is 0 Å². The monoisotopic (exact) mass is 226 g/mol. The van der Waals surface area contributed by atoms with E-state index in [9.17, 15) is 4.79 Å². The first-order valence-corrected chi connectivity index (χ1v) is 6.11. The van der Waals surface area contributed by atoms with Crippen molar-refractivity contribution in [3.8, 4) is 0 Å². The van der Waals surface area contributed by atoms with Crippen molar-refractivity contribution in [1.29, 1.82) is 0 Å². The molecule has 0 aromatic rings. The van der Waals surface area contributed by atoms with Gasteiger partial charge in [-0.05, 0) is 24.8 Å². The molecule has 16 heavy (non-hydrogen) atoms. The van der Waals surface area contributed by atoms with Crippen LogP contribution in [-0.2, 0) is 4.79 Å². The van der Waals surface area contributed by atoms with Crippen LogP contribution in [-0.4, -0.2) is 47.7 Å². The van der Waals surface area contributed by atoms with Crippen molar-refractivity contribution in [3.63, 3.8) is 0 Å². The Labute approximate surface area is 97.0 Å². The van der Waals surface area contributed by atoms with Crippen LogP contribution < -0.4 is 5.32 Å². The maximum atomic E-state index is 11.0. The Hall–Kier alpha value is -0.610. The molecule has 2 aliphatic heterocycles. The molecule has 0 aromatic carbocycles. The molecule has 0 saturated carbocycles. The maximum Gasteiger partial charge on any atom is 0.305 e. The van der Waals surface area contributed by atoms with Gasteiger partial charge in [-0.3, -0.25) is 9.69 Å². The third-order valence-electron chi connectivity index (χ3n) is 3.96. The summed E-state index contributed by atoms with van der Waals surface area (Å²) < 4.78 is 0. The molecule has 2 fully saturated rings. The molecule has 0 radical (unpaired) electrons. The first kappa shape index (κ1) is 11.9. The zero-order valence-electron chi connectivity index (χ0n) is 10.3. The Kier molecular flexibility index (Phi) is 2.97. The van der Waals surface area contributed by atoms with E-state index in [4.69, 9.17) is 5.11 Å². The fraction of sp³-hybridized carbons (Fsp3) is 0.917. The van der Waals surface area contributed by atoms with Gasteiger partial charge in [-0.1, -0.05) is 13.8 Å². The number of nitrogens with one attached hydrogen (secondary N) is 1. The van der Waals surface area contributed by atoms with Crippen molar-refractivity contribution >= 4 is 5.97 Å². The molecule has 0 amide bonds. The van der Waals surface area contributed by atoms with Gasteiger partial charge in [-0.2, -0.15) is 0 Å². The Bertz CT molecular complexity index is 285. The van der Waals surface area contributed by atoms with E-state index < -0.39 is 5.97 Å². The fourth-order valence-corrected chi connectivity index (χ4v) is 2.98. The van der Waals surface area contributed by atoms with E-state index in [-0.39, 0.29) is 12.0 Å². The van der Waals surface area contributed by atoms with E-state index in [1.54, 1.807) is 0 Å². The van der Waals surface area contributed by atoms with Crippen molar-refractivity contribution in [2.45, 2.75) is 38.6 Å². The predicted octanol–water partition coefficient (Wildman–Crippen LogP) is 0.925. The molecule has 0 atom stereocenters. The van der Waals surface area contributed by atoms with E-state index in [1.807, 2.05) is 0 Å². The van der Waals surface area contributed by atoms with Crippen LogP contribution in [0.25, 0.3) is 0 Å². The van der Waals surface area contributed by atoms with Crippen molar-refractivity contribution in [3.05, 3.63) is 0 Å². The Balaban J connectivity index is 2.06. The summed E-state index contributed by atoms with van der Waals surface area (Å²) >= 11 is 0. The molecule has 2 saturated heterocycles. The number of hydrogen-bond donors (Lipinski definition) is 2. The van der Waals surface area contributed by atoms with Crippen LogP contribution in [0.4, 0.5) is 0 Å². The summed E-state index contributed by atoms with van der Waals surface area (Å²) in [5.41, 5.74) is 0.225. The number of carboxylic acids is 1. The van der Waals surface area contributed by atoms with Crippen molar-refractivity contribution in [2.24, 2.45) is 5.41 Å². The third-order valence-corrected chi connectivity index (χ3v) is 3.96. The van der Waals surface area contributed by atoms with Crippen molar-refractivity contribution in [1.82, 2.24) is 10.2 Å². The van der Waals surface area contributed by atoms with E-state index in [1.165, 1.54) is 12.8 Å². The normalized spacial score (nSPS) is 28.4. The van der Waals surface area contributed by atoms with Gasteiger partial charge in [-0.15, -0.1) is 0 Å². The van der Waals surface area contributed by atoms with Gasteiger partial charge in [0.2, 0.25) is 0 Å². The SMILES string of the molecule is CC1(C)CCCN(C2(CC(=O)O)CNC2)C1. The first-order chi connectivity index (χ1) is 7.44. The summed E-state index contributed by atoms with van der Waals surface area (Å²) in [6.45, 7) is 8.30. The van der Waals surface area contributed by atoms with E-state index >= 15 is 0 Å². The van der Waals surface area contributed by atoms with Crippen LogP contribution in [0.15, 0.2) is 0 Å². The minimum atomic E-state index is -0.676. The molecule has 0 spiro atoms. The second-order valence-corrected chi connectivity index (χ2v) is 6.09. The summed E-state index contributed by atoms with van der Waals surface area (Å²) in [5, 5.41) is 12.2. The van der Waals surface area contributed by atoms with Gasteiger partial charge in [0.25, 0.3) is 0 Å². The topological polar surface area (TPSA) is 52.6 Å². The van der Waals surface area contributed by atoms with Crippen molar-refractivity contribution < 1.29 is 9.90 Å². The maximum absolute atomic E-state index is 11.0. The number of hydrogen-bond acceptors (Lipinski definition) is 3. The number of likely N-dealkylation sites (tertiary alicyclic amines) is 1. The van der Waals surface area contributed by atoms with Gasteiger partial charge in [0.15, 0.2) is 0 Å². The number of carbonyl (C=O) groups is 1. The summed E-state index contributed by atoms with van der Waals surface area (Å²) in [4.78, 5) is 13.4. The van der Waals surface area contributed by atoms with Gasteiger partial charge in [0.1, 0.15) is 0 Å². The zero-order chi connectivity index (χ0) is 11.8. The minimum absolute atomic E-state index is 0.108. The molecule has 2 heterocycles. The number of aliphatic carboxylic acids is 1. The summed E-state index contributed by atoms with van der Waals surface area (Å²) in [6.07, 6.45) is 2.71. The molecule has 4 heteroatoms. The molecular weight excluding hydrogens is 204 g/mol. The zero-order valence-corrected chi connectivity index (χ0v) is 10.3. The van der Waals surface area contributed by atoms with Gasteiger partial charge in [0, 0.05) is 19.6 Å². The average Bonchev–Trinajstić information content (AvgIpc) is 2.09. The standard InChI is InChI=1S/C12H22N2O2/c1-11(2)4-3-5-14(9-11)12(6-10(15)16)7-13-8-12/h13H,3-9H2,1-2H3,(H,15,16). The van der Waals surface area contributed by atoms with Gasteiger partial charge in [0.05, 0.1) is 12.0 Å². The molecular formula is C12H22N2O2. The fourth-order valence-electron chi connectivity index (χ4n) is 2.98. The predicted molar refractivity (Wildman–Crippen MR) is 62.4 cm³/mol. The van der Waals surface area contributed by atoms with Crippen LogP contribution in [0.5, 0.6) is 0 Å². The summed E-state index contributed by atoms with van der Waals surface area (Å²) in [7, 11) is 0. The highest BCUT2D eigenvalue weighted by atomic mass is 16.4. The second-order valence-electron chi connectivity index (χ2n) is 6.09. The van der Waals surface area contributed by atoms with Crippen LogP contribution in [0.3, 0.4) is 0 Å². The number of carboxylic acid groups (broad SMARTS) is 1.